The molecule has 0 aromatic heterocycles. The van der Waals surface area contributed by atoms with Crippen molar-refractivity contribution in [1.82, 2.24) is 4.90 Å². The Balaban J connectivity index is 2.08. The van der Waals surface area contributed by atoms with Crippen LogP contribution in [-0.2, 0) is 4.79 Å². The van der Waals surface area contributed by atoms with E-state index in [0.29, 0.717) is 12.8 Å². The second-order valence-corrected chi connectivity index (χ2v) is 6.01. The number of hydrogen-bond donors (Lipinski definition) is 2. The third-order valence-electron chi connectivity index (χ3n) is 4.07. The number of carbonyl (C=O) groups is 2. The van der Waals surface area contributed by atoms with Gasteiger partial charge in [0.1, 0.15) is 5.75 Å². The van der Waals surface area contributed by atoms with Crippen LogP contribution >= 0.6 is 0 Å². The number of halogens is 3. The van der Waals surface area contributed by atoms with Gasteiger partial charge < -0.3 is 20.7 Å². The van der Waals surface area contributed by atoms with E-state index in [1.54, 1.807) is 6.07 Å². The van der Waals surface area contributed by atoms with Crippen LogP contribution in [0.5, 0.6) is 5.75 Å². The molecule has 0 spiro atoms. The fraction of sp³-hybridized carbons (Fsp3) is 0.500. The Morgan fingerprint density at radius 2 is 2.00 bits per heavy atom. The van der Waals surface area contributed by atoms with Crippen LogP contribution < -0.4 is 15.8 Å². The Kier molecular flexibility index (Phi) is 5.76. The zero-order valence-corrected chi connectivity index (χ0v) is 13.7. The van der Waals surface area contributed by atoms with Crippen LogP contribution in [0.3, 0.4) is 0 Å². The molecule has 2 atom stereocenters. The van der Waals surface area contributed by atoms with Crippen LogP contribution in [0.2, 0.25) is 0 Å². The molecule has 0 radical (unpaired) electrons. The number of primary amides is 1. The van der Waals surface area contributed by atoms with E-state index < -0.39 is 30.6 Å². The maximum Gasteiger partial charge on any atom is 0.422 e. The summed E-state index contributed by atoms with van der Waals surface area (Å²) in [7, 11) is 0. The van der Waals surface area contributed by atoms with Gasteiger partial charge in [-0.25, -0.2) is 4.79 Å². The van der Waals surface area contributed by atoms with Gasteiger partial charge >= 0.3 is 12.2 Å². The number of alkyl halides is 3. The highest BCUT2D eigenvalue weighted by atomic mass is 19.4. The number of benzene rings is 1. The number of likely N-dealkylation sites (tertiary alicyclic amines) is 1. The lowest BCUT2D eigenvalue weighted by Gasteiger charge is -2.36. The lowest BCUT2D eigenvalue weighted by Crippen LogP contribution is -2.50. The fourth-order valence-corrected chi connectivity index (χ4v) is 2.66. The molecule has 1 aliphatic heterocycles. The highest BCUT2D eigenvalue weighted by Crippen LogP contribution is 2.28. The summed E-state index contributed by atoms with van der Waals surface area (Å²) in [5, 5.41) is 2.55. The lowest BCUT2D eigenvalue weighted by molar-refractivity contribution is -0.153. The predicted molar refractivity (Wildman–Crippen MR) is 85.1 cm³/mol. The normalized spacial score (nSPS) is 20.9. The van der Waals surface area contributed by atoms with E-state index in [0.717, 1.165) is 0 Å². The lowest BCUT2D eigenvalue weighted by atomic mass is 9.93. The maximum absolute atomic E-state index is 12.5. The first-order valence-corrected chi connectivity index (χ1v) is 7.83. The Labute approximate surface area is 143 Å². The molecule has 0 aliphatic carbocycles. The van der Waals surface area contributed by atoms with Gasteiger partial charge in [-0.1, -0.05) is 12.1 Å². The Hall–Kier alpha value is -2.45. The van der Waals surface area contributed by atoms with Gasteiger partial charge in [0.25, 0.3) is 0 Å². The van der Waals surface area contributed by atoms with E-state index >= 15 is 0 Å². The van der Waals surface area contributed by atoms with Gasteiger partial charge in [0, 0.05) is 12.6 Å². The summed E-state index contributed by atoms with van der Waals surface area (Å²) >= 11 is 0. The van der Waals surface area contributed by atoms with Crippen LogP contribution in [0, 0.1) is 5.92 Å². The molecule has 138 valence electrons. The summed E-state index contributed by atoms with van der Waals surface area (Å²) in [6, 6.07) is 5.24. The molecule has 1 aliphatic rings. The Morgan fingerprint density at radius 1 is 1.32 bits per heavy atom. The third-order valence-corrected chi connectivity index (χ3v) is 4.07. The molecule has 3 N–H and O–H groups in total. The molecule has 6 nitrogen and oxygen atoms in total. The molecular weight excluding hydrogens is 339 g/mol. The second-order valence-electron chi connectivity index (χ2n) is 6.01. The van der Waals surface area contributed by atoms with E-state index in [9.17, 15) is 22.8 Å². The van der Waals surface area contributed by atoms with E-state index in [-0.39, 0.29) is 24.0 Å². The van der Waals surface area contributed by atoms with Crippen molar-refractivity contribution in [1.29, 1.82) is 0 Å². The number of rotatable bonds is 4. The number of piperidine rings is 1. The molecule has 2 rings (SSSR count). The Morgan fingerprint density at radius 3 is 2.64 bits per heavy atom. The van der Waals surface area contributed by atoms with Crippen molar-refractivity contribution in [2.75, 3.05) is 18.5 Å². The van der Waals surface area contributed by atoms with Crippen molar-refractivity contribution in [3.8, 4) is 5.75 Å². The van der Waals surface area contributed by atoms with Gasteiger partial charge in [0.15, 0.2) is 6.61 Å². The molecule has 25 heavy (non-hydrogen) atoms. The van der Waals surface area contributed by atoms with Gasteiger partial charge in [-0.05, 0) is 31.9 Å². The number of carbonyl (C=O) groups excluding carboxylic acids is 2. The number of para-hydroxylation sites is 2. The zero-order chi connectivity index (χ0) is 18.6. The molecule has 0 bridgehead atoms. The average molecular weight is 359 g/mol. The van der Waals surface area contributed by atoms with E-state index in [1.807, 2.05) is 6.92 Å². The van der Waals surface area contributed by atoms with Gasteiger partial charge in [0.2, 0.25) is 5.91 Å². The SMILES string of the molecule is C[C@H]1CC[C@@H](C(N)=O)CN1C(=O)Nc1ccccc1OCC(F)(F)F. The second kappa shape index (κ2) is 7.62. The number of amides is 3. The van der Waals surface area contributed by atoms with Gasteiger partial charge in [-0.3, -0.25) is 4.79 Å². The van der Waals surface area contributed by atoms with E-state index in [4.69, 9.17) is 10.5 Å². The molecular formula is C16H20F3N3O3. The van der Waals surface area contributed by atoms with Crippen LogP contribution in [0.4, 0.5) is 23.7 Å². The van der Waals surface area contributed by atoms with Crippen LogP contribution in [0.1, 0.15) is 19.8 Å². The van der Waals surface area contributed by atoms with Crippen LogP contribution in [-0.4, -0.2) is 42.2 Å². The molecule has 1 aromatic rings. The van der Waals surface area contributed by atoms with Crippen LogP contribution in [0.15, 0.2) is 24.3 Å². The summed E-state index contributed by atoms with van der Waals surface area (Å²) in [6.07, 6.45) is -3.26. The number of nitrogens with one attached hydrogen (secondary N) is 1. The number of ether oxygens (including phenoxy) is 1. The molecule has 1 fully saturated rings. The smallest absolute Gasteiger partial charge is 0.422 e. The fourth-order valence-electron chi connectivity index (χ4n) is 2.66. The minimum absolute atomic E-state index is 0.0794. The quantitative estimate of drug-likeness (QED) is 0.867. The van der Waals surface area contributed by atoms with Crippen molar-refractivity contribution >= 4 is 17.6 Å². The third kappa shape index (κ3) is 5.27. The minimum Gasteiger partial charge on any atom is -0.482 e. The van der Waals surface area contributed by atoms with E-state index in [1.165, 1.54) is 23.1 Å². The number of urea groups is 1. The monoisotopic (exact) mass is 359 g/mol. The molecule has 9 heteroatoms. The van der Waals surface area contributed by atoms with Crippen molar-refractivity contribution < 1.29 is 27.5 Å². The standard InChI is InChI=1S/C16H20F3N3O3/c1-10-6-7-11(14(20)23)8-22(10)15(24)21-12-4-2-3-5-13(12)25-9-16(17,18)19/h2-5,10-11H,6-9H2,1H3,(H2,20,23)(H,21,24)/t10-,11+/m0/s1. The number of nitrogens with two attached hydrogens (primary N) is 1. The van der Waals surface area contributed by atoms with Crippen molar-refractivity contribution in [3.05, 3.63) is 24.3 Å². The molecule has 3 amide bonds. The summed E-state index contributed by atoms with van der Waals surface area (Å²) < 4.78 is 41.7. The first kappa shape index (κ1) is 18.9. The summed E-state index contributed by atoms with van der Waals surface area (Å²) in [4.78, 5) is 25.3. The van der Waals surface area contributed by atoms with Crippen molar-refractivity contribution in [2.45, 2.75) is 32.0 Å². The van der Waals surface area contributed by atoms with Crippen LogP contribution in [0.25, 0.3) is 0 Å². The summed E-state index contributed by atoms with van der Waals surface area (Å²) in [5.41, 5.74) is 5.44. The number of nitrogens with zero attached hydrogens (tertiary/aromatic N) is 1. The predicted octanol–water partition coefficient (Wildman–Crippen LogP) is 2.75. The molecule has 1 saturated heterocycles. The minimum atomic E-state index is -4.48. The molecule has 1 aromatic carbocycles. The highest BCUT2D eigenvalue weighted by molar-refractivity contribution is 5.91. The summed E-state index contributed by atoms with van der Waals surface area (Å²) in [6.45, 7) is 0.556. The Bertz CT molecular complexity index is 637. The molecule has 0 unspecified atom stereocenters. The van der Waals surface area contributed by atoms with E-state index in [2.05, 4.69) is 5.32 Å². The van der Waals surface area contributed by atoms with Crippen molar-refractivity contribution in [3.63, 3.8) is 0 Å². The highest BCUT2D eigenvalue weighted by Gasteiger charge is 2.32. The molecule has 1 heterocycles. The zero-order valence-electron chi connectivity index (χ0n) is 13.7. The largest absolute Gasteiger partial charge is 0.482 e. The molecule has 0 saturated carbocycles. The van der Waals surface area contributed by atoms with Crippen molar-refractivity contribution in [2.24, 2.45) is 11.7 Å². The van der Waals surface area contributed by atoms with Gasteiger partial charge in [-0.15, -0.1) is 0 Å². The summed E-state index contributed by atoms with van der Waals surface area (Å²) in [5.74, 6) is -0.985. The first-order chi connectivity index (χ1) is 11.7. The number of anilines is 1. The van der Waals surface area contributed by atoms with Gasteiger partial charge in [-0.2, -0.15) is 13.2 Å². The van der Waals surface area contributed by atoms with Gasteiger partial charge in [0.05, 0.1) is 11.6 Å². The first-order valence-electron chi connectivity index (χ1n) is 7.83. The number of hydrogen-bond acceptors (Lipinski definition) is 3. The topological polar surface area (TPSA) is 84.7 Å². The average Bonchev–Trinajstić information content (AvgIpc) is 2.53. The maximum atomic E-state index is 12.5.